The molecule has 3 rings (SSSR count). The van der Waals surface area contributed by atoms with Gasteiger partial charge in [0.1, 0.15) is 0 Å². The molecule has 0 aliphatic carbocycles. The minimum absolute atomic E-state index is 0.131. The summed E-state index contributed by atoms with van der Waals surface area (Å²) in [5.74, 6) is 0.814. The molecule has 0 spiro atoms. The molecule has 2 heterocycles. The molecule has 1 aromatic carbocycles. The van der Waals surface area contributed by atoms with E-state index >= 15 is 0 Å². The van der Waals surface area contributed by atoms with Crippen LogP contribution >= 0.6 is 15.9 Å². The summed E-state index contributed by atoms with van der Waals surface area (Å²) in [6.45, 7) is 7.01. The van der Waals surface area contributed by atoms with Gasteiger partial charge in [-0.3, -0.25) is 4.79 Å². The zero-order valence-corrected chi connectivity index (χ0v) is 15.0. The molecule has 1 fully saturated rings. The molecule has 2 aliphatic rings. The first-order valence-corrected chi connectivity index (χ1v) is 8.95. The Balaban J connectivity index is 1.76. The fourth-order valence-corrected chi connectivity index (χ4v) is 3.83. The van der Waals surface area contributed by atoms with Gasteiger partial charge in [0.25, 0.3) is 0 Å². The van der Waals surface area contributed by atoms with Gasteiger partial charge in [0.2, 0.25) is 5.91 Å². The lowest BCUT2D eigenvalue weighted by molar-refractivity contribution is -0.119. The predicted octanol–water partition coefficient (Wildman–Crippen LogP) is 4.28. The number of nitrogens with zero attached hydrogens (tertiary/aromatic N) is 1. The number of benzene rings is 1. The summed E-state index contributed by atoms with van der Waals surface area (Å²) in [5.41, 5.74) is 2.49. The highest BCUT2D eigenvalue weighted by Crippen LogP contribution is 2.41. The highest BCUT2D eigenvalue weighted by Gasteiger charge is 2.33. The highest BCUT2D eigenvalue weighted by atomic mass is 79.9. The van der Waals surface area contributed by atoms with E-state index in [0.29, 0.717) is 12.3 Å². The van der Waals surface area contributed by atoms with E-state index in [9.17, 15) is 4.79 Å². The molecule has 2 aliphatic heterocycles. The molecule has 0 bridgehead atoms. The topological polar surface area (TPSA) is 29.5 Å². The Kier molecular flexibility index (Phi) is 4.60. The van der Waals surface area contributed by atoms with Crippen LogP contribution < -0.4 is 4.90 Å². The maximum atomic E-state index is 12.7. The average molecular weight is 366 g/mol. The van der Waals surface area contributed by atoms with Crippen LogP contribution in [-0.4, -0.2) is 25.7 Å². The molecule has 4 heteroatoms. The van der Waals surface area contributed by atoms with E-state index in [2.05, 4.69) is 48.0 Å². The van der Waals surface area contributed by atoms with Crippen molar-refractivity contribution < 1.29 is 9.53 Å². The van der Waals surface area contributed by atoms with Crippen molar-refractivity contribution in [3.05, 3.63) is 28.2 Å². The van der Waals surface area contributed by atoms with Gasteiger partial charge in [-0.25, -0.2) is 0 Å². The smallest absolute Gasteiger partial charge is 0.226 e. The number of hydrogen-bond donors (Lipinski definition) is 0. The fraction of sp³-hybridized carbons (Fsp3) is 0.611. The van der Waals surface area contributed by atoms with Gasteiger partial charge in [-0.1, -0.05) is 35.8 Å². The Morgan fingerprint density at radius 2 is 2.27 bits per heavy atom. The standard InChI is InChI=1S/C18H24BrNO2/c1-18(2)8-9-20(16-11-14(19)4-5-15(16)18)17(21)6-3-13-7-10-22-12-13/h4-5,11,13H,3,6-10,12H2,1-2H3/t13-/m0/s1. The number of carbonyl (C=O) groups excluding carboxylic acids is 1. The molecular formula is C18H24BrNO2. The Hall–Kier alpha value is -0.870. The molecule has 0 unspecified atom stereocenters. The van der Waals surface area contributed by atoms with Crippen molar-refractivity contribution in [2.24, 2.45) is 5.92 Å². The van der Waals surface area contributed by atoms with Crippen LogP contribution in [0, 0.1) is 5.92 Å². The minimum Gasteiger partial charge on any atom is -0.381 e. The lowest BCUT2D eigenvalue weighted by Gasteiger charge is -2.39. The summed E-state index contributed by atoms with van der Waals surface area (Å²) in [6.07, 6.45) is 3.69. The van der Waals surface area contributed by atoms with Crippen molar-refractivity contribution in [3.63, 3.8) is 0 Å². The highest BCUT2D eigenvalue weighted by molar-refractivity contribution is 9.10. The van der Waals surface area contributed by atoms with Crippen molar-refractivity contribution >= 4 is 27.5 Å². The van der Waals surface area contributed by atoms with Gasteiger partial charge in [0.15, 0.2) is 0 Å². The lowest BCUT2D eigenvalue weighted by atomic mass is 9.77. The van der Waals surface area contributed by atoms with Crippen molar-refractivity contribution in [1.29, 1.82) is 0 Å². The Labute approximate surface area is 141 Å². The summed E-state index contributed by atoms with van der Waals surface area (Å²) in [4.78, 5) is 14.7. The quantitative estimate of drug-likeness (QED) is 0.799. The monoisotopic (exact) mass is 365 g/mol. The van der Waals surface area contributed by atoms with Crippen molar-refractivity contribution in [1.82, 2.24) is 0 Å². The normalized spacial score (nSPS) is 23.4. The summed E-state index contributed by atoms with van der Waals surface area (Å²) < 4.78 is 6.44. The maximum Gasteiger partial charge on any atom is 0.226 e. The molecular weight excluding hydrogens is 342 g/mol. The third-order valence-corrected chi connectivity index (χ3v) is 5.52. The first kappa shape index (κ1) is 16.0. The number of rotatable bonds is 3. The molecule has 0 aromatic heterocycles. The second-order valence-electron chi connectivity index (χ2n) is 7.11. The second-order valence-corrected chi connectivity index (χ2v) is 8.02. The predicted molar refractivity (Wildman–Crippen MR) is 92.3 cm³/mol. The van der Waals surface area contributed by atoms with Crippen molar-refractivity contribution in [2.45, 2.75) is 44.9 Å². The van der Waals surface area contributed by atoms with E-state index in [0.717, 1.165) is 49.2 Å². The van der Waals surface area contributed by atoms with Crippen LogP contribution in [0.3, 0.4) is 0 Å². The van der Waals surface area contributed by atoms with E-state index in [1.165, 1.54) is 5.56 Å². The van der Waals surface area contributed by atoms with Gasteiger partial charge in [-0.15, -0.1) is 0 Å². The Morgan fingerprint density at radius 3 is 3.00 bits per heavy atom. The van der Waals surface area contributed by atoms with Gasteiger partial charge < -0.3 is 9.64 Å². The van der Waals surface area contributed by atoms with E-state index in [-0.39, 0.29) is 11.3 Å². The largest absolute Gasteiger partial charge is 0.381 e. The van der Waals surface area contributed by atoms with Gasteiger partial charge in [-0.05, 0) is 48.3 Å². The molecule has 1 atom stereocenters. The third-order valence-electron chi connectivity index (χ3n) is 5.03. The number of ether oxygens (including phenoxy) is 1. The molecule has 0 N–H and O–H groups in total. The fourth-order valence-electron chi connectivity index (χ4n) is 3.48. The molecule has 3 nitrogen and oxygen atoms in total. The van der Waals surface area contributed by atoms with Crippen molar-refractivity contribution in [3.8, 4) is 0 Å². The van der Waals surface area contributed by atoms with Gasteiger partial charge in [-0.2, -0.15) is 0 Å². The summed E-state index contributed by atoms with van der Waals surface area (Å²) >= 11 is 3.54. The van der Waals surface area contributed by atoms with Crippen LogP contribution in [0.5, 0.6) is 0 Å². The first-order valence-electron chi connectivity index (χ1n) is 8.15. The van der Waals surface area contributed by atoms with Crippen molar-refractivity contribution in [2.75, 3.05) is 24.7 Å². The first-order chi connectivity index (χ1) is 10.5. The summed E-state index contributed by atoms with van der Waals surface area (Å²) in [5, 5.41) is 0. The zero-order chi connectivity index (χ0) is 15.7. The Morgan fingerprint density at radius 1 is 1.45 bits per heavy atom. The van der Waals surface area contributed by atoms with Crippen LogP contribution in [0.2, 0.25) is 0 Å². The van der Waals surface area contributed by atoms with Gasteiger partial charge >= 0.3 is 0 Å². The van der Waals surface area contributed by atoms with E-state index < -0.39 is 0 Å². The van der Waals surface area contributed by atoms with E-state index in [4.69, 9.17) is 4.74 Å². The zero-order valence-electron chi connectivity index (χ0n) is 13.4. The maximum absolute atomic E-state index is 12.7. The minimum atomic E-state index is 0.131. The SMILES string of the molecule is CC1(C)CCN(C(=O)CC[C@H]2CCOC2)c2cc(Br)ccc21. The molecule has 1 saturated heterocycles. The number of anilines is 1. The molecule has 1 amide bonds. The number of halogens is 1. The van der Waals surface area contributed by atoms with Crippen LogP contribution in [0.4, 0.5) is 5.69 Å². The van der Waals surface area contributed by atoms with E-state index in [1.54, 1.807) is 0 Å². The summed E-state index contributed by atoms with van der Waals surface area (Å²) in [6, 6.07) is 6.32. The molecule has 0 radical (unpaired) electrons. The van der Waals surface area contributed by atoms with E-state index in [1.807, 2.05) is 4.90 Å². The second kappa shape index (κ2) is 6.32. The number of hydrogen-bond acceptors (Lipinski definition) is 2. The third kappa shape index (κ3) is 3.23. The van der Waals surface area contributed by atoms with Crippen LogP contribution in [0.25, 0.3) is 0 Å². The molecule has 22 heavy (non-hydrogen) atoms. The number of amides is 1. The van der Waals surface area contributed by atoms with Crippen LogP contribution in [0.1, 0.15) is 45.1 Å². The van der Waals surface area contributed by atoms with Crippen LogP contribution in [-0.2, 0) is 14.9 Å². The molecule has 0 saturated carbocycles. The number of fused-ring (bicyclic) bond motifs is 1. The molecule has 1 aromatic rings. The van der Waals surface area contributed by atoms with Gasteiger partial charge in [0, 0.05) is 36.3 Å². The lowest BCUT2D eigenvalue weighted by Crippen LogP contribution is -2.41. The van der Waals surface area contributed by atoms with Crippen LogP contribution in [0.15, 0.2) is 22.7 Å². The van der Waals surface area contributed by atoms with Gasteiger partial charge in [0.05, 0.1) is 0 Å². The molecule has 120 valence electrons. The average Bonchev–Trinajstić information content (AvgIpc) is 2.97. The number of carbonyl (C=O) groups is 1. The summed E-state index contributed by atoms with van der Waals surface area (Å²) in [7, 11) is 0. The Bertz CT molecular complexity index is 564.